The molecule has 3 aromatic heterocycles. The quantitative estimate of drug-likeness (QED) is 0.106. The highest BCUT2D eigenvalue weighted by atomic mass is 35.5. The minimum absolute atomic E-state index is 0.0153. The van der Waals surface area contributed by atoms with Crippen molar-refractivity contribution in [3.05, 3.63) is 93.0 Å². The number of aliphatic hydroxyl groups is 1. The van der Waals surface area contributed by atoms with Gasteiger partial charge in [-0.25, -0.2) is 22.2 Å². The van der Waals surface area contributed by atoms with E-state index >= 15 is 8.78 Å². The van der Waals surface area contributed by atoms with Gasteiger partial charge < -0.3 is 15.2 Å². The second-order valence-electron chi connectivity index (χ2n) is 15.3. The highest BCUT2D eigenvalue weighted by molar-refractivity contribution is 7.92. The zero-order valence-corrected chi connectivity index (χ0v) is 34.3. The first-order valence-corrected chi connectivity index (χ1v) is 21.0. The summed E-state index contributed by atoms with van der Waals surface area (Å²) >= 11 is 6.60. The number of benzene rings is 2. The average Bonchev–Trinajstić information content (AvgIpc) is 3.76. The standard InChI is InChI=1S/C40H37ClF7N7O5S/c1-20-21(2)39(44,45)36-31(20)35(40(46,47)48)51-55(36)19-30(56)50-29(17-22-15-23(42)18-24(43)16-22)33-26(6-5-25(49-33)9-10-38(57)11-13-60-14-12-38)27-7-8-28(41)32-34(27)54(3)52-37(32)53-61(4,58)59/h5-8,15-16,18,20-21,29,57H,11-14,17,19H2,1-4H3,(H,50,56)(H,52,53)/t20-,21+,29-/m0/s1. The lowest BCUT2D eigenvalue weighted by Gasteiger charge is -2.26. The summed E-state index contributed by atoms with van der Waals surface area (Å²) in [4.78, 5) is 18.8. The van der Waals surface area contributed by atoms with Gasteiger partial charge in [0.2, 0.25) is 15.9 Å². The predicted molar refractivity (Wildman–Crippen MR) is 209 cm³/mol. The van der Waals surface area contributed by atoms with Crippen molar-refractivity contribution in [3.63, 3.8) is 0 Å². The van der Waals surface area contributed by atoms with Gasteiger partial charge in [0.15, 0.2) is 11.5 Å². The molecule has 0 unspecified atom stereocenters. The number of pyridine rings is 1. The minimum Gasteiger partial charge on any atom is -0.381 e. The number of nitrogens with one attached hydrogen (secondary N) is 2. The lowest BCUT2D eigenvalue weighted by atomic mass is 9.93. The number of aromatic nitrogens is 5. The van der Waals surface area contributed by atoms with Gasteiger partial charge in [0.1, 0.15) is 35.2 Å². The molecule has 5 aromatic rings. The van der Waals surface area contributed by atoms with Crippen molar-refractivity contribution in [2.45, 2.75) is 69.3 Å². The number of carbonyl (C=O) groups excluding carboxylic acids is 1. The van der Waals surface area contributed by atoms with Crippen molar-refractivity contribution in [2.24, 2.45) is 13.0 Å². The zero-order valence-electron chi connectivity index (χ0n) is 32.8. The molecule has 1 aliphatic carbocycles. The van der Waals surface area contributed by atoms with E-state index in [-0.39, 0.29) is 70.3 Å². The second-order valence-corrected chi connectivity index (χ2v) is 17.4. The fourth-order valence-electron chi connectivity index (χ4n) is 7.81. The number of hydrogen-bond donors (Lipinski definition) is 3. The van der Waals surface area contributed by atoms with E-state index in [0.717, 1.165) is 25.3 Å². The molecule has 2 aliphatic rings. The highest BCUT2D eigenvalue weighted by Crippen LogP contribution is 2.55. The number of fused-ring (bicyclic) bond motifs is 2. The van der Waals surface area contributed by atoms with Crippen molar-refractivity contribution < 1.29 is 53.8 Å². The molecule has 1 fully saturated rings. The molecule has 0 radical (unpaired) electrons. The predicted octanol–water partition coefficient (Wildman–Crippen LogP) is 6.99. The van der Waals surface area contributed by atoms with Crippen LogP contribution in [0.3, 0.4) is 0 Å². The fourth-order valence-corrected chi connectivity index (χ4v) is 8.55. The van der Waals surface area contributed by atoms with Gasteiger partial charge in [-0.15, -0.1) is 0 Å². The summed E-state index contributed by atoms with van der Waals surface area (Å²) < 4.78 is 137. The molecule has 0 spiro atoms. The number of alkyl halides is 5. The first-order chi connectivity index (χ1) is 28.5. The van der Waals surface area contributed by atoms with Gasteiger partial charge in [0.05, 0.1) is 47.1 Å². The van der Waals surface area contributed by atoms with Crippen LogP contribution in [0.15, 0.2) is 42.5 Å². The third-order valence-electron chi connectivity index (χ3n) is 10.8. The molecule has 1 aliphatic heterocycles. The number of ether oxygens (including phenoxy) is 1. The number of aryl methyl sites for hydroxylation is 1. The first-order valence-electron chi connectivity index (χ1n) is 18.7. The molecule has 3 atom stereocenters. The van der Waals surface area contributed by atoms with E-state index in [2.05, 4.69) is 32.1 Å². The van der Waals surface area contributed by atoms with E-state index in [1.54, 1.807) is 6.07 Å². The SMILES string of the molecule is C[C@@H]1c2c(C(F)(F)F)nn(CC(=O)N[C@@H](Cc3cc(F)cc(F)c3)c3nc(C#CC4(O)CCOCC4)ccc3-c3ccc(Cl)c4c(NS(C)(=O)=O)nn(C)c34)c2C(F)(F)[C@@H]1C. The van der Waals surface area contributed by atoms with E-state index in [9.17, 15) is 40.3 Å². The van der Waals surface area contributed by atoms with Crippen LogP contribution in [-0.4, -0.2) is 69.0 Å². The number of rotatable bonds is 9. The maximum absolute atomic E-state index is 15.7. The second kappa shape index (κ2) is 15.9. The Morgan fingerprint density at radius 3 is 2.36 bits per heavy atom. The monoisotopic (exact) mass is 895 g/mol. The van der Waals surface area contributed by atoms with Gasteiger partial charge in [-0.2, -0.15) is 32.1 Å². The Morgan fingerprint density at radius 2 is 1.72 bits per heavy atom. The number of nitrogens with zero attached hydrogens (tertiary/aromatic N) is 5. The third kappa shape index (κ3) is 8.78. The Morgan fingerprint density at radius 1 is 1.07 bits per heavy atom. The van der Waals surface area contributed by atoms with Crippen LogP contribution in [0.4, 0.5) is 36.6 Å². The normalized spacial score (nSPS) is 19.0. The van der Waals surface area contributed by atoms with Crippen molar-refractivity contribution >= 4 is 44.3 Å². The van der Waals surface area contributed by atoms with Gasteiger partial charge in [-0.05, 0) is 54.2 Å². The summed E-state index contributed by atoms with van der Waals surface area (Å²) in [6.07, 6.45) is -4.26. The first kappa shape index (κ1) is 43.8. The number of hydrogen-bond acceptors (Lipinski definition) is 8. The maximum Gasteiger partial charge on any atom is 0.435 e. The number of amides is 1. The van der Waals surface area contributed by atoms with E-state index in [4.69, 9.17) is 21.3 Å². The van der Waals surface area contributed by atoms with Crippen LogP contribution in [0.25, 0.3) is 22.0 Å². The number of carbonyl (C=O) groups is 1. The summed E-state index contributed by atoms with van der Waals surface area (Å²) in [5.74, 6) is -4.18. The molecule has 61 heavy (non-hydrogen) atoms. The summed E-state index contributed by atoms with van der Waals surface area (Å²) in [7, 11) is -2.37. The van der Waals surface area contributed by atoms with Gasteiger partial charge in [-0.3, -0.25) is 18.9 Å². The summed E-state index contributed by atoms with van der Waals surface area (Å²) in [5.41, 5.74) is -4.02. The van der Waals surface area contributed by atoms with Crippen LogP contribution in [0.2, 0.25) is 5.02 Å². The number of halogens is 8. The minimum atomic E-state index is -5.13. The van der Waals surface area contributed by atoms with E-state index in [1.165, 1.54) is 36.9 Å². The third-order valence-corrected chi connectivity index (χ3v) is 11.7. The topological polar surface area (TPSA) is 153 Å². The van der Waals surface area contributed by atoms with Gasteiger partial charge in [0.25, 0.3) is 5.92 Å². The van der Waals surface area contributed by atoms with Crippen molar-refractivity contribution in [2.75, 3.05) is 24.2 Å². The average molecular weight is 896 g/mol. The van der Waals surface area contributed by atoms with Crippen LogP contribution in [0.1, 0.15) is 72.6 Å². The molecule has 21 heteroatoms. The molecule has 0 saturated carbocycles. The molecule has 324 valence electrons. The summed E-state index contributed by atoms with van der Waals surface area (Å²) in [6, 6.07) is 7.17. The van der Waals surface area contributed by atoms with Crippen molar-refractivity contribution in [1.29, 1.82) is 0 Å². The van der Waals surface area contributed by atoms with Gasteiger partial charge in [-0.1, -0.05) is 37.4 Å². The largest absolute Gasteiger partial charge is 0.435 e. The van der Waals surface area contributed by atoms with Crippen molar-refractivity contribution in [3.8, 4) is 23.0 Å². The smallest absolute Gasteiger partial charge is 0.381 e. The zero-order chi connectivity index (χ0) is 44.4. The van der Waals surface area contributed by atoms with E-state index < -0.39 is 93.1 Å². The van der Waals surface area contributed by atoms with Gasteiger partial charge in [0, 0.05) is 48.6 Å². The molecule has 2 aromatic carbocycles. The van der Waals surface area contributed by atoms with Gasteiger partial charge >= 0.3 is 6.18 Å². The Hall–Kier alpha value is -5.23. The van der Waals surface area contributed by atoms with Crippen LogP contribution < -0.4 is 10.0 Å². The van der Waals surface area contributed by atoms with E-state index in [0.29, 0.717) is 16.3 Å². The van der Waals surface area contributed by atoms with Crippen LogP contribution in [0.5, 0.6) is 0 Å². The van der Waals surface area contributed by atoms with Crippen molar-refractivity contribution in [1.82, 2.24) is 29.9 Å². The molecule has 4 heterocycles. The molecule has 1 saturated heterocycles. The fraction of sp³-hybridized carbons (Fsp3) is 0.400. The number of anilines is 1. The Kier molecular flexibility index (Phi) is 11.4. The molecular formula is C40H37ClF7N7O5S. The Labute approximate surface area is 349 Å². The highest BCUT2D eigenvalue weighted by Gasteiger charge is 2.57. The van der Waals surface area contributed by atoms with Crippen LogP contribution >= 0.6 is 11.6 Å². The summed E-state index contributed by atoms with van der Waals surface area (Å²) in [6.45, 7) is 1.67. The number of sulfonamides is 1. The molecule has 7 rings (SSSR count). The molecule has 1 amide bonds. The lowest BCUT2D eigenvalue weighted by Crippen LogP contribution is -2.35. The molecular weight excluding hydrogens is 859 g/mol. The van der Waals surface area contributed by atoms with Crippen LogP contribution in [-0.2, 0) is 51.7 Å². The Bertz CT molecular complexity index is 2720. The van der Waals surface area contributed by atoms with Crippen LogP contribution in [0, 0.1) is 29.4 Å². The Balaban J connectivity index is 1.40. The lowest BCUT2D eigenvalue weighted by molar-refractivity contribution is -0.143. The van der Waals surface area contributed by atoms with E-state index in [1.807, 2.05) is 0 Å². The maximum atomic E-state index is 15.7. The molecule has 0 bridgehead atoms. The molecule has 12 nitrogen and oxygen atoms in total. The molecule has 3 N–H and O–H groups in total. The summed E-state index contributed by atoms with van der Waals surface area (Å²) in [5, 5.41) is 21.7.